The zero-order valence-corrected chi connectivity index (χ0v) is 9.16. The summed E-state index contributed by atoms with van der Waals surface area (Å²) in [6.07, 6.45) is 5.55. The highest BCUT2D eigenvalue weighted by atomic mass is 32.1. The lowest BCUT2D eigenvalue weighted by molar-refractivity contribution is 0.518. The van der Waals surface area contributed by atoms with E-state index in [9.17, 15) is 0 Å². The van der Waals surface area contributed by atoms with Gasteiger partial charge in [-0.05, 0) is 50.0 Å². The van der Waals surface area contributed by atoms with Gasteiger partial charge in [0.25, 0.3) is 0 Å². The molecule has 1 aliphatic carbocycles. The van der Waals surface area contributed by atoms with Crippen LogP contribution in [0.15, 0.2) is 6.20 Å². The summed E-state index contributed by atoms with van der Waals surface area (Å²) in [7, 11) is 1.99. The van der Waals surface area contributed by atoms with Crippen LogP contribution < -0.4 is 5.32 Å². The summed E-state index contributed by atoms with van der Waals surface area (Å²) >= 11 is 5.02. The van der Waals surface area contributed by atoms with Crippen molar-refractivity contribution in [2.45, 2.75) is 25.2 Å². The molecule has 2 rings (SSSR count). The average Bonchev–Trinajstić information content (AvgIpc) is 2.18. The van der Waals surface area contributed by atoms with E-state index in [0.29, 0.717) is 10.7 Å². The number of nitrogens with zero attached hydrogens (tertiary/aromatic N) is 1. The fourth-order valence-electron chi connectivity index (χ4n) is 2.14. The molecular weight excluding hydrogens is 194 g/mol. The van der Waals surface area contributed by atoms with E-state index in [-0.39, 0.29) is 0 Å². The molecule has 0 saturated heterocycles. The first-order chi connectivity index (χ1) is 6.81. The van der Waals surface area contributed by atoms with Crippen LogP contribution >= 0.6 is 12.2 Å². The number of rotatable bonds is 2. The van der Waals surface area contributed by atoms with Crippen LogP contribution in [0, 0.1) is 4.77 Å². The number of likely N-dealkylation sites (N-methyl/N-ethyl adjacent to an activating group) is 1. The minimum absolute atomic E-state index is 0.600. The van der Waals surface area contributed by atoms with E-state index >= 15 is 0 Å². The van der Waals surface area contributed by atoms with Gasteiger partial charge in [-0.3, -0.25) is 0 Å². The van der Waals surface area contributed by atoms with Crippen molar-refractivity contribution < 1.29 is 0 Å². The highest BCUT2D eigenvalue weighted by Crippen LogP contribution is 2.28. The smallest absolute Gasteiger partial charge is 0.196 e. The van der Waals surface area contributed by atoms with Crippen LogP contribution in [0.1, 0.15) is 30.0 Å². The van der Waals surface area contributed by atoms with Gasteiger partial charge in [0.15, 0.2) is 4.77 Å². The van der Waals surface area contributed by atoms with Crippen molar-refractivity contribution in [2.24, 2.45) is 0 Å². The Kier molecular flexibility index (Phi) is 2.93. The second-order valence-corrected chi connectivity index (χ2v) is 4.16. The topological polar surface area (TPSA) is 40.7 Å². The normalized spacial score (nSPS) is 20.5. The third-order valence-electron chi connectivity index (χ3n) is 2.80. The van der Waals surface area contributed by atoms with E-state index in [0.717, 1.165) is 13.0 Å². The molecule has 1 aromatic heterocycles. The maximum Gasteiger partial charge on any atom is 0.196 e. The molecule has 14 heavy (non-hydrogen) atoms. The monoisotopic (exact) mass is 209 g/mol. The van der Waals surface area contributed by atoms with Crippen molar-refractivity contribution in [3.8, 4) is 0 Å². The number of H-pyrrole nitrogens is 1. The molecule has 0 fully saturated rings. The fourth-order valence-corrected chi connectivity index (χ4v) is 2.31. The summed E-state index contributed by atoms with van der Waals surface area (Å²) < 4.78 is 0.605. The molecule has 0 saturated carbocycles. The first-order valence-electron chi connectivity index (χ1n) is 5.04. The lowest BCUT2D eigenvalue weighted by Crippen LogP contribution is -2.22. The second kappa shape index (κ2) is 4.19. The van der Waals surface area contributed by atoms with Crippen LogP contribution in [0.25, 0.3) is 0 Å². The van der Waals surface area contributed by atoms with Crippen LogP contribution in [0.5, 0.6) is 0 Å². The first kappa shape index (κ1) is 9.80. The molecule has 0 aromatic carbocycles. The number of aryl methyl sites for hydroxylation is 1. The molecule has 1 heterocycles. The van der Waals surface area contributed by atoms with E-state index < -0.39 is 0 Å². The predicted molar refractivity (Wildman–Crippen MR) is 59.0 cm³/mol. The highest BCUT2D eigenvalue weighted by Gasteiger charge is 2.19. The molecule has 0 bridgehead atoms. The summed E-state index contributed by atoms with van der Waals surface area (Å²) in [5.41, 5.74) is 2.63. The van der Waals surface area contributed by atoms with Crippen LogP contribution in [-0.2, 0) is 6.42 Å². The zero-order chi connectivity index (χ0) is 9.97. The Balaban J connectivity index is 2.34. The second-order valence-electron chi connectivity index (χ2n) is 3.77. The number of aromatic amines is 1. The molecule has 3 nitrogen and oxygen atoms in total. The molecule has 1 aromatic rings. The molecule has 0 amide bonds. The van der Waals surface area contributed by atoms with Gasteiger partial charge in [-0.15, -0.1) is 0 Å². The number of fused-ring (bicyclic) bond motifs is 1. The third-order valence-corrected chi connectivity index (χ3v) is 3.00. The Morgan fingerprint density at radius 1 is 1.71 bits per heavy atom. The minimum atomic E-state index is 0.600. The molecule has 76 valence electrons. The number of aromatic nitrogens is 2. The molecule has 1 atom stereocenters. The van der Waals surface area contributed by atoms with Crippen LogP contribution in [-0.4, -0.2) is 23.6 Å². The van der Waals surface area contributed by atoms with Crippen LogP contribution in [0.2, 0.25) is 0 Å². The molecular formula is C10H15N3S. The number of hydrogen-bond acceptors (Lipinski definition) is 3. The SMILES string of the molecule is CNCC1CCCc2[nH]c(=S)ncc21. The maximum absolute atomic E-state index is 5.02. The third kappa shape index (κ3) is 1.86. The van der Waals surface area contributed by atoms with Crippen molar-refractivity contribution in [3.63, 3.8) is 0 Å². The predicted octanol–water partition coefficient (Wildman–Crippen LogP) is 1.78. The summed E-state index contributed by atoms with van der Waals surface area (Å²) in [4.78, 5) is 7.35. The molecule has 1 aliphatic rings. The fraction of sp³-hybridized carbons (Fsp3) is 0.600. The summed E-state index contributed by atoms with van der Waals surface area (Å²) in [5.74, 6) is 0.600. The van der Waals surface area contributed by atoms with E-state index in [4.69, 9.17) is 12.2 Å². The van der Waals surface area contributed by atoms with Gasteiger partial charge in [0.2, 0.25) is 0 Å². The minimum Gasteiger partial charge on any atom is -0.334 e. The van der Waals surface area contributed by atoms with Crippen molar-refractivity contribution in [1.82, 2.24) is 15.3 Å². The van der Waals surface area contributed by atoms with Crippen LogP contribution in [0.4, 0.5) is 0 Å². The number of hydrogen-bond donors (Lipinski definition) is 2. The zero-order valence-electron chi connectivity index (χ0n) is 8.34. The Morgan fingerprint density at radius 2 is 2.57 bits per heavy atom. The van der Waals surface area contributed by atoms with E-state index in [2.05, 4.69) is 15.3 Å². The maximum atomic E-state index is 5.02. The van der Waals surface area contributed by atoms with Gasteiger partial charge in [0.05, 0.1) is 0 Å². The standard InChI is InChI=1S/C10H15N3S/c1-11-5-7-3-2-4-9-8(7)6-12-10(14)13-9/h6-7,11H,2-5H2,1H3,(H,12,13,14). The molecule has 1 unspecified atom stereocenters. The van der Waals surface area contributed by atoms with Gasteiger partial charge in [0.1, 0.15) is 0 Å². The van der Waals surface area contributed by atoms with Gasteiger partial charge in [-0.25, -0.2) is 4.98 Å². The summed E-state index contributed by atoms with van der Waals surface area (Å²) in [6.45, 7) is 1.03. The lowest BCUT2D eigenvalue weighted by atomic mass is 9.86. The van der Waals surface area contributed by atoms with Gasteiger partial charge in [0, 0.05) is 18.4 Å². The van der Waals surface area contributed by atoms with Crippen LogP contribution in [0.3, 0.4) is 0 Å². The van der Waals surface area contributed by atoms with Crippen molar-refractivity contribution in [1.29, 1.82) is 0 Å². The Morgan fingerprint density at radius 3 is 3.36 bits per heavy atom. The Labute approximate surface area is 89.0 Å². The molecule has 0 aliphatic heterocycles. The molecule has 0 spiro atoms. The average molecular weight is 209 g/mol. The van der Waals surface area contributed by atoms with E-state index in [1.165, 1.54) is 24.1 Å². The van der Waals surface area contributed by atoms with Crippen molar-refractivity contribution in [2.75, 3.05) is 13.6 Å². The van der Waals surface area contributed by atoms with E-state index in [1.807, 2.05) is 13.2 Å². The van der Waals surface area contributed by atoms with E-state index in [1.54, 1.807) is 0 Å². The highest BCUT2D eigenvalue weighted by molar-refractivity contribution is 7.71. The molecule has 0 radical (unpaired) electrons. The molecule has 4 heteroatoms. The van der Waals surface area contributed by atoms with Gasteiger partial charge < -0.3 is 10.3 Å². The van der Waals surface area contributed by atoms with Gasteiger partial charge in [-0.1, -0.05) is 0 Å². The first-order valence-corrected chi connectivity index (χ1v) is 5.45. The summed E-state index contributed by atoms with van der Waals surface area (Å²) in [5, 5.41) is 3.23. The van der Waals surface area contributed by atoms with Crippen molar-refractivity contribution in [3.05, 3.63) is 22.2 Å². The summed E-state index contributed by atoms with van der Waals surface area (Å²) in [6, 6.07) is 0. The van der Waals surface area contributed by atoms with Gasteiger partial charge in [-0.2, -0.15) is 0 Å². The molecule has 2 N–H and O–H groups in total. The largest absolute Gasteiger partial charge is 0.334 e. The Hall–Kier alpha value is -0.740. The quantitative estimate of drug-likeness (QED) is 0.729. The van der Waals surface area contributed by atoms with Gasteiger partial charge >= 0.3 is 0 Å². The Bertz CT molecular complexity index is 372. The number of nitrogens with one attached hydrogen (secondary N) is 2. The lowest BCUT2D eigenvalue weighted by Gasteiger charge is -2.24. The van der Waals surface area contributed by atoms with Crippen molar-refractivity contribution >= 4 is 12.2 Å².